The van der Waals surface area contributed by atoms with E-state index in [1.807, 2.05) is 103 Å². The van der Waals surface area contributed by atoms with Gasteiger partial charge < -0.3 is 9.13 Å². The van der Waals surface area contributed by atoms with Crippen LogP contribution in [-0.4, -0.2) is 9.13 Å². The first-order chi connectivity index (χ1) is 34.5. The van der Waals surface area contributed by atoms with Crippen LogP contribution in [0.2, 0.25) is 0 Å². The number of nitrogens with zero attached hydrogens (tertiary/aromatic N) is 7. The van der Waals surface area contributed by atoms with Crippen molar-refractivity contribution in [1.82, 2.24) is 9.13 Å². The number of nitriles is 3. The lowest BCUT2D eigenvalue weighted by atomic mass is 9.89. The van der Waals surface area contributed by atoms with Crippen LogP contribution in [-0.2, 0) is 6.18 Å². The Labute approximate surface area is 405 Å². The molecule has 71 heavy (non-hydrogen) atoms. The zero-order valence-corrected chi connectivity index (χ0v) is 37.5. The minimum Gasteiger partial charge on any atom is -0.309 e. The average Bonchev–Trinajstić information content (AvgIpc) is 3.92. The molecule has 0 radical (unpaired) electrons. The molecule has 9 aromatic carbocycles. The first-order valence-electron chi connectivity index (χ1n) is 22.3. The Bertz CT molecular complexity index is 4240. The Morgan fingerprint density at radius 2 is 0.972 bits per heavy atom. The first kappa shape index (κ1) is 43.4. The summed E-state index contributed by atoms with van der Waals surface area (Å²) < 4.78 is 46.7. The van der Waals surface area contributed by atoms with Gasteiger partial charge in [0, 0.05) is 43.9 Å². The van der Waals surface area contributed by atoms with Gasteiger partial charge in [0.1, 0.15) is 0 Å². The number of aromatic nitrogens is 2. The van der Waals surface area contributed by atoms with E-state index < -0.39 is 11.7 Å². The summed E-state index contributed by atoms with van der Waals surface area (Å²) in [5, 5.41) is 33.8. The molecule has 2 heterocycles. The molecule has 11 aromatic rings. The van der Waals surface area contributed by atoms with Gasteiger partial charge in [0.15, 0.2) is 11.4 Å². The molecule has 0 saturated carbocycles. The van der Waals surface area contributed by atoms with Crippen LogP contribution in [0.1, 0.15) is 27.8 Å². The summed E-state index contributed by atoms with van der Waals surface area (Å²) >= 11 is 0. The van der Waals surface area contributed by atoms with Crippen molar-refractivity contribution in [2.24, 2.45) is 0 Å². The van der Waals surface area contributed by atoms with E-state index in [1.165, 1.54) is 6.07 Å². The van der Waals surface area contributed by atoms with E-state index in [0.717, 1.165) is 89.4 Å². The molecule has 7 nitrogen and oxygen atoms in total. The molecule has 0 unspecified atom stereocenters. The summed E-state index contributed by atoms with van der Waals surface area (Å²) in [6.45, 7) is 17.0. The molecule has 332 valence electrons. The van der Waals surface area contributed by atoms with Gasteiger partial charge in [-0.2, -0.15) is 29.0 Å². The van der Waals surface area contributed by atoms with Gasteiger partial charge in [0.25, 0.3) is 0 Å². The van der Waals surface area contributed by atoms with Crippen molar-refractivity contribution in [2.75, 3.05) is 0 Å². The number of alkyl halides is 3. The van der Waals surface area contributed by atoms with Crippen LogP contribution in [0.15, 0.2) is 176 Å². The van der Waals surface area contributed by atoms with Crippen LogP contribution in [0.5, 0.6) is 0 Å². The van der Waals surface area contributed by atoms with Gasteiger partial charge in [-0.3, -0.25) is 0 Å². The molecule has 2 aromatic heterocycles. The van der Waals surface area contributed by atoms with Gasteiger partial charge in [-0.1, -0.05) is 60.7 Å². The molecule has 0 bridgehead atoms. The third-order valence-corrected chi connectivity index (χ3v) is 13.1. The maximum atomic E-state index is 14.2. The number of fused-ring (bicyclic) bond motifs is 6. The number of aryl methyl sites for hydroxylation is 1. The lowest BCUT2D eigenvalue weighted by Gasteiger charge is -2.20. The largest absolute Gasteiger partial charge is 0.416 e. The average molecular weight is 920 g/mol. The number of halogens is 3. The number of hydrogen-bond acceptors (Lipinski definition) is 3. The standard InChI is InChI=1S/C61H32F3N7/c1-36-22-44(61(62,63)64)15-17-48(36)49-18-16-47(70-56-10-6-4-8-50(56)54-30-40(13-20-58(54)70)42-23-38(34-66)25-45(28-42)68-2)32-52(49)53-27-37(33-65)12-19-59(53)71-57-11-7-5-9-51(57)55-31-41(14-21-60(55)71)43-24-39(35-67)26-46(29-43)69-3/h4-32H,1H3. The maximum absolute atomic E-state index is 14.2. The molecule has 0 aliphatic rings. The quantitative estimate of drug-likeness (QED) is 0.156. The van der Waals surface area contributed by atoms with Crippen molar-refractivity contribution in [3.05, 3.63) is 227 Å². The Hall–Kier alpha value is -10.2. The highest BCUT2D eigenvalue weighted by Gasteiger charge is 2.31. The molecule has 0 amide bonds. The molecule has 0 fully saturated rings. The Morgan fingerprint density at radius 3 is 1.52 bits per heavy atom. The van der Waals surface area contributed by atoms with Crippen LogP contribution >= 0.6 is 0 Å². The smallest absolute Gasteiger partial charge is 0.309 e. The topological polar surface area (TPSA) is 90.0 Å². The SMILES string of the molecule is [C-]#[N+]c1cc(C#N)cc(-c2ccc3c(c2)c2ccccc2n3-c2ccc(-c3ccc(C(F)(F)F)cc3C)c(-c3cc(C#N)ccc3-n3c4ccccc4c4cc(-c5cc(C#N)cc([N+]#[C-])c5)ccc43)c2)c1. The second-order valence-corrected chi connectivity index (χ2v) is 17.3. The van der Waals surface area contributed by atoms with E-state index in [2.05, 4.69) is 49.2 Å². The number of benzene rings is 9. The molecule has 0 aliphatic carbocycles. The van der Waals surface area contributed by atoms with Gasteiger partial charge in [-0.25, -0.2) is 9.69 Å². The second-order valence-electron chi connectivity index (χ2n) is 17.3. The predicted molar refractivity (Wildman–Crippen MR) is 273 cm³/mol. The van der Waals surface area contributed by atoms with Crippen molar-refractivity contribution < 1.29 is 13.2 Å². The van der Waals surface area contributed by atoms with E-state index in [1.54, 1.807) is 49.4 Å². The molecule has 0 aliphatic heterocycles. The van der Waals surface area contributed by atoms with E-state index in [0.29, 0.717) is 55.9 Å². The molecule has 0 atom stereocenters. The maximum Gasteiger partial charge on any atom is 0.416 e. The van der Waals surface area contributed by atoms with Gasteiger partial charge in [-0.15, -0.1) is 0 Å². The molecule has 11 rings (SSSR count). The number of rotatable bonds is 6. The summed E-state index contributed by atoms with van der Waals surface area (Å²) in [6, 6.07) is 60.1. The summed E-state index contributed by atoms with van der Waals surface area (Å²) in [7, 11) is 0. The van der Waals surface area contributed by atoms with Crippen LogP contribution in [0.3, 0.4) is 0 Å². The van der Waals surface area contributed by atoms with Crippen LogP contribution in [0.4, 0.5) is 24.5 Å². The van der Waals surface area contributed by atoms with Crippen molar-refractivity contribution in [1.29, 1.82) is 15.8 Å². The van der Waals surface area contributed by atoms with Gasteiger partial charge >= 0.3 is 6.18 Å². The number of para-hydroxylation sites is 2. The molecule has 0 saturated heterocycles. The second kappa shape index (κ2) is 16.9. The molecule has 0 spiro atoms. The van der Waals surface area contributed by atoms with Gasteiger partial charge in [-0.05, 0) is 167 Å². The van der Waals surface area contributed by atoms with Crippen molar-refractivity contribution >= 4 is 55.0 Å². The number of hydrogen-bond donors (Lipinski definition) is 0. The molecular formula is C61H32F3N7. The minimum atomic E-state index is -4.55. The molecule has 0 N–H and O–H groups in total. The highest BCUT2D eigenvalue weighted by molar-refractivity contribution is 6.12. The highest BCUT2D eigenvalue weighted by Crippen LogP contribution is 2.45. The van der Waals surface area contributed by atoms with Crippen molar-refractivity contribution in [2.45, 2.75) is 13.1 Å². The van der Waals surface area contributed by atoms with E-state index in [9.17, 15) is 29.0 Å². The van der Waals surface area contributed by atoms with E-state index in [4.69, 9.17) is 13.1 Å². The summed E-state index contributed by atoms with van der Waals surface area (Å²) in [4.78, 5) is 7.21. The third-order valence-electron chi connectivity index (χ3n) is 13.1. The molecular weight excluding hydrogens is 888 g/mol. The van der Waals surface area contributed by atoms with Crippen LogP contribution < -0.4 is 0 Å². The Morgan fingerprint density at radius 1 is 0.437 bits per heavy atom. The van der Waals surface area contributed by atoms with E-state index >= 15 is 0 Å². The zero-order valence-electron chi connectivity index (χ0n) is 37.5. The zero-order chi connectivity index (χ0) is 49.1. The fourth-order valence-corrected chi connectivity index (χ4v) is 9.94. The van der Waals surface area contributed by atoms with Gasteiger partial charge in [0.2, 0.25) is 0 Å². The summed E-state index contributed by atoms with van der Waals surface area (Å²) in [5.41, 5.74) is 12.2. The first-order valence-corrected chi connectivity index (χ1v) is 22.3. The lowest BCUT2D eigenvalue weighted by molar-refractivity contribution is -0.137. The van der Waals surface area contributed by atoms with Crippen LogP contribution in [0.25, 0.3) is 109 Å². The van der Waals surface area contributed by atoms with Crippen molar-refractivity contribution in [3.63, 3.8) is 0 Å². The Balaban J connectivity index is 1.18. The lowest BCUT2D eigenvalue weighted by Crippen LogP contribution is -2.05. The van der Waals surface area contributed by atoms with E-state index in [-0.39, 0.29) is 0 Å². The fourth-order valence-electron chi connectivity index (χ4n) is 9.94. The fraction of sp³-hybridized carbons (Fsp3) is 0.0328. The predicted octanol–water partition coefficient (Wildman–Crippen LogP) is 16.6. The third kappa shape index (κ3) is 7.36. The summed E-state index contributed by atoms with van der Waals surface area (Å²) in [5.74, 6) is 0. The van der Waals surface area contributed by atoms with Crippen molar-refractivity contribution in [3.8, 4) is 74.1 Å². The van der Waals surface area contributed by atoms with Crippen LogP contribution in [0, 0.1) is 54.1 Å². The minimum absolute atomic E-state index is 0.356. The molecule has 10 heteroatoms. The normalized spacial score (nSPS) is 11.3. The van der Waals surface area contributed by atoms with Gasteiger partial charge in [0.05, 0.1) is 70.2 Å². The monoisotopic (exact) mass is 919 g/mol. The summed E-state index contributed by atoms with van der Waals surface area (Å²) in [6.07, 6.45) is -4.55. The Kier molecular flexibility index (Phi) is 10.3. The highest BCUT2D eigenvalue weighted by atomic mass is 19.4.